The summed E-state index contributed by atoms with van der Waals surface area (Å²) >= 11 is 0. The Balaban J connectivity index is 4.56. The maximum absolute atomic E-state index is 11.4. The lowest BCUT2D eigenvalue weighted by atomic mass is 9.72. The predicted octanol–water partition coefficient (Wildman–Crippen LogP) is 3.75. The Morgan fingerprint density at radius 2 is 1.79 bits per heavy atom. The Bertz CT molecular complexity index is 317. The van der Waals surface area contributed by atoms with E-state index >= 15 is 0 Å². The van der Waals surface area contributed by atoms with E-state index in [1.807, 2.05) is 0 Å². The van der Waals surface area contributed by atoms with Crippen molar-refractivity contribution in [2.24, 2.45) is 16.7 Å². The van der Waals surface area contributed by atoms with Gasteiger partial charge < -0.3 is 10.1 Å². The summed E-state index contributed by atoms with van der Waals surface area (Å²) in [5.74, 6) is 0.442. The number of carbonyl (C=O) groups excluding carboxylic acids is 1. The summed E-state index contributed by atoms with van der Waals surface area (Å²) in [6.45, 7) is 18.0. The van der Waals surface area contributed by atoms with Gasteiger partial charge in [-0.2, -0.15) is 0 Å². The highest BCUT2D eigenvalue weighted by Gasteiger charge is 2.32. The Labute approximate surface area is 118 Å². The number of nitrogens with one attached hydrogen (secondary N) is 1. The van der Waals surface area contributed by atoms with Gasteiger partial charge in [-0.3, -0.25) is 4.79 Å². The molecule has 0 aromatic carbocycles. The van der Waals surface area contributed by atoms with Gasteiger partial charge in [0.25, 0.3) is 0 Å². The molecule has 0 unspecified atom stereocenters. The summed E-state index contributed by atoms with van der Waals surface area (Å²) < 4.78 is 4.76. The van der Waals surface area contributed by atoms with Crippen molar-refractivity contribution in [3.63, 3.8) is 0 Å². The average molecular weight is 269 g/mol. The molecule has 0 radical (unpaired) electrons. The Kier molecular flexibility index (Phi) is 6.61. The first-order chi connectivity index (χ1) is 8.50. The minimum Gasteiger partial charge on any atom is -0.469 e. The van der Waals surface area contributed by atoms with Crippen molar-refractivity contribution < 1.29 is 9.53 Å². The lowest BCUT2D eigenvalue weighted by molar-refractivity contribution is -0.143. The fraction of sp³-hybridized carbons (Fsp3) is 0.812. The Morgan fingerprint density at radius 3 is 2.21 bits per heavy atom. The molecule has 0 fully saturated rings. The van der Waals surface area contributed by atoms with Crippen molar-refractivity contribution in [3.05, 3.63) is 12.3 Å². The first-order valence-corrected chi connectivity index (χ1v) is 7.00. The van der Waals surface area contributed by atoms with Crippen LogP contribution in [0.5, 0.6) is 0 Å². The summed E-state index contributed by atoms with van der Waals surface area (Å²) in [5.41, 5.74) is 0.894. The Morgan fingerprint density at radius 1 is 1.26 bits per heavy atom. The summed E-state index contributed by atoms with van der Waals surface area (Å²) in [6.07, 6.45) is 1.32. The van der Waals surface area contributed by atoms with Crippen molar-refractivity contribution >= 4 is 5.97 Å². The highest BCUT2D eigenvalue weighted by atomic mass is 16.5. The van der Waals surface area contributed by atoms with Gasteiger partial charge >= 0.3 is 5.97 Å². The molecule has 0 atom stereocenters. The molecule has 0 aromatic heterocycles. The molecule has 0 rings (SSSR count). The van der Waals surface area contributed by atoms with Gasteiger partial charge in [0.05, 0.1) is 13.5 Å². The lowest BCUT2D eigenvalue weighted by Crippen LogP contribution is -2.33. The van der Waals surface area contributed by atoms with E-state index < -0.39 is 0 Å². The fourth-order valence-corrected chi connectivity index (χ4v) is 2.40. The van der Waals surface area contributed by atoms with E-state index in [0.717, 1.165) is 18.7 Å². The van der Waals surface area contributed by atoms with Gasteiger partial charge in [-0.25, -0.2) is 0 Å². The van der Waals surface area contributed by atoms with Gasteiger partial charge in [0.1, 0.15) is 0 Å². The van der Waals surface area contributed by atoms with Crippen LogP contribution in [-0.2, 0) is 9.53 Å². The van der Waals surface area contributed by atoms with Crippen molar-refractivity contribution in [3.8, 4) is 0 Å². The monoisotopic (exact) mass is 269 g/mol. The van der Waals surface area contributed by atoms with E-state index in [-0.39, 0.29) is 16.8 Å². The van der Waals surface area contributed by atoms with Gasteiger partial charge in [-0.05, 0) is 17.8 Å². The van der Waals surface area contributed by atoms with E-state index in [1.165, 1.54) is 7.11 Å². The quantitative estimate of drug-likeness (QED) is 0.682. The van der Waals surface area contributed by atoms with Crippen LogP contribution in [0.4, 0.5) is 0 Å². The number of hydrogen-bond acceptors (Lipinski definition) is 3. The SMILES string of the molecule is C=C(NCC(C)C)C(C)(C)CC(C)(C)CC(=O)OC. The first kappa shape index (κ1) is 18.0. The average Bonchev–Trinajstić information content (AvgIpc) is 2.23. The number of carbonyl (C=O) groups is 1. The predicted molar refractivity (Wildman–Crippen MR) is 80.8 cm³/mol. The molecule has 0 spiro atoms. The molecule has 112 valence electrons. The maximum Gasteiger partial charge on any atom is 0.306 e. The fourth-order valence-electron chi connectivity index (χ4n) is 2.40. The first-order valence-electron chi connectivity index (χ1n) is 7.00. The summed E-state index contributed by atoms with van der Waals surface area (Å²) in [6, 6.07) is 0. The third kappa shape index (κ3) is 7.24. The van der Waals surface area contributed by atoms with Gasteiger partial charge in [0.2, 0.25) is 0 Å². The zero-order valence-corrected chi connectivity index (χ0v) is 13.7. The number of esters is 1. The summed E-state index contributed by atoms with van der Waals surface area (Å²) in [4.78, 5) is 11.4. The van der Waals surface area contributed by atoms with Crippen LogP contribution in [0.25, 0.3) is 0 Å². The third-order valence-electron chi connectivity index (χ3n) is 3.31. The van der Waals surface area contributed by atoms with Crippen molar-refractivity contribution in [2.45, 2.75) is 54.4 Å². The second-order valence-corrected chi connectivity index (χ2v) is 7.23. The van der Waals surface area contributed by atoms with E-state index in [1.54, 1.807) is 0 Å². The molecule has 0 heterocycles. The molecular weight excluding hydrogens is 238 g/mol. The third-order valence-corrected chi connectivity index (χ3v) is 3.31. The summed E-state index contributed by atoms with van der Waals surface area (Å²) in [7, 11) is 1.44. The number of allylic oxidation sites excluding steroid dienone is 1. The topological polar surface area (TPSA) is 38.3 Å². The van der Waals surface area contributed by atoms with Crippen LogP contribution in [0.3, 0.4) is 0 Å². The smallest absolute Gasteiger partial charge is 0.306 e. The highest BCUT2D eigenvalue weighted by molar-refractivity contribution is 5.69. The van der Waals surface area contributed by atoms with Crippen LogP contribution in [0.15, 0.2) is 12.3 Å². The largest absolute Gasteiger partial charge is 0.469 e. The number of ether oxygens (including phenoxy) is 1. The van der Waals surface area contributed by atoms with Crippen LogP contribution in [0.2, 0.25) is 0 Å². The standard InChI is InChI=1S/C16H31NO2/c1-12(2)10-17-13(3)16(6,7)11-15(4,5)9-14(18)19-8/h12,17H,3,9-11H2,1-2,4-8H3. The van der Waals surface area contributed by atoms with E-state index in [0.29, 0.717) is 12.3 Å². The van der Waals surface area contributed by atoms with E-state index in [9.17, 15) is 4.79 Å². The maximum atomic E-state index is 11.4. The molecule has 0 amide bonds. The van der Waals surface area contributed by atoms with Gasteiger partial charge in [0.15, 0.2) is 0 Å². The highest BCUT2D eigenvalue weighted by Crippen LogP contribution is 2.39. The minimum atomic E-state index is -0.151. The second-order valence-electron chi connectivity index (χ2n) is 7.23. The number of hydrogen-bond donors (Lipinski definition) is 1. The van der Waals surface area contributed by atoms with E-state index in [4.69, 9.17) is 4.74 Å². The molecule has 19 heavy (non-hydrogen) atoms. The van der Waals surface area contributed by atoms with Crippen molar-refractivity contribution in [2.75, 3.05) is 13.7 Å². The van der Waals surface area contributed by atoms with Crippen molar-refractivity contribution in [1.29, 1.82) is 0 Å². The molecule has 0 aliphatic rings. The zero-order chi connectivity index (χ0) is 15.3. The van der Waals surface area contributed by atoms with Crippen LogP contribution >= 0.6 is 0 Å². The zero-order valence-electron chi connectivity index (χ0n) is 13.7. The number of methoxy groups -OCH3 is 1. The van der Waals surface area contributed by atoms with Gasteiger partial charge in [0, 0.05) is 17.7 Å². The molecule has 0 aromatic rings. The van der Waals surface area contributed by atoms with Crippen LogP contribution in [0, 0.1) is 16.7 Å². The molecule has 0 aliphatic carbocycles. The minimum absolute atomic E-state index is 0.0492. The second kappa shape index (κ2) is 6.97. The lowest BCUT2D eigenvalue weighted by Gasteiger charge is -2.36. The molecular formula is C16H31NO2. The van der Waals surface area contributed by atoms with Gasteiger partial charge in [-0.1, -0.05) is 48.1 Å². The van der Waals surface area contributed by atoms with Crippen LogP contribution in [-0.4, -0.2) is 19.6 Å². The van der Waals surface area contributed by atoms with E-state index in [2.05, 4.69) is 53.4 Å². The molecule has 3 heteroatoms. The normalized spacial score (nSPS) is 12.4. The molecule has 0 aliphatic heterocycles. The molecule has 0 bridgehead atoms. The molecule has 0 saturated heterocycles. The van der Waals surface area contributed by atoms with Crippen LogP contribution in [0.1, 0.15) is 54.4 Å². The Hall–Kier alpha value is -0.990. The molecule has 1 N–H and O–H groups in total. The molecule has 0 saturated carbocycles. The van der Waals surface area contributed by atoms with Crippen molar-refractivity contribution in [1.82, 2.24) is 5.32 Å². The summed E-state index contributed by atoms with van der Waals surface area (Å²) in [5, 5.41) is 3.40. The van der Waals surface area contributed by atoms with Gasteiger partial charge in [-0.15, -0.1) is 0 Å². The molecule has 3 nitrogen and oxygen atoms in total. The van der Waals surface area contributed by atoms with Crippen LogP contribution < -0.4 is 5.32 Å². The number of rotatable bonds is 8.